The number of aromatic nitrogens is 1. The molecule has 7 heteroatoms. The molecule has 26 heavy (non-hydrogen) atoms. The number of rotatable bonds is 6. The summed E-state index contributed by atoms with van der Waals surface area (Å²) in [6.45, 7) is 1.99. The lowest BCUT2D eigenvalue weighted by molar-refractivity contribution is -0.131. The number of thiazole rings is 1. The average molecular weight is 369 g/mol. The topological polar surface area (TPSA) is 75.4 Å². The third-order valence-corrected chi connectivity index (χ3v) is 4.91. The summed E-state index contributed by atoms with van der Waals surface area (Å²) in [5.41, 5.74) is 1.70. The first-order valence-corrected chi connectivity index (χ1v) is 9.02. The molecule has 1 atom stereocenters. The van der Waals surface area contributed by atoms with Crippen LogP contribution in [0.4, 0.5) is 5.13 Å². The van der Waals surface area contributed by atoms with Crippen molar-refractivity contribution in [1.29, 1.82) is 0 Å². The Bertz CT molecular complexity index is 875. The minimum absolute atomic E-state index is 0.0274. The highest BCUT2D eigenvalue weighted by atomic mass is 32.1. The second-order valence-electron chi connectivity index (χ2n) is 5.84. The van der Waals surface area contributed by atoms with Gasteiger partial charge in [-0.3, -0.25) is 14.9 Å². The Morgan fingerprint density at radius 3 is 2.69 bits per heavy atom. The van der Waals surface area contributed by atoms with E-state index in [4.69, 9.17) is 4.42 Å². The zero-order valence-electron chi connectivity index (χ0n) is 14.5. The monoisotopic (exact) mass is 369 g/mol. The Morgan fingerprint density at radius 1 is 1.23 bits per heavy atom. The minimum atomic E-state index is -0.364. The van der Waals surface area contributed by atoms with Crippen LogP contribution in [-0.4, -0.2) is 28.7 Å². The first kappa shape index (κ1) is 17.9. The number of hydrogen-bond donors (Lipinski definition) is 1. The molecule has 1 N–H and O–H groups in total. The molecule has 1 aromatic carbocycles. The molecule has 0 aliphatic rings. The van der Waals surface area contributed by atoms with Crippen molar-refractivity contribution in [3.8, 4) is 0 Å². The largest absolute Gasteiger partial charge is 0.459 e. The van der Waals surface area contributed by atoms with Crippen molar-refractivity contribution in [3.63, 3.8) is 0 Å². The third-order valence-electron chi connectivity index (χ3n) is 4.11. The molecule has 0 aliphatic carbocycles. The van der Waals surface area contributed by atoms with Crippen molar-refractivity contribution in [2.75, 3.05) is 12.4 Å². The summed E-state index contributed by atoms with van der Waals surface area (Å²) in [6, 6.07) is 13.1. The van der Waals surface area contributed by atoms with Crippen LogP contribution in [0.25, 0.3) is 0 Å². The molecule has 0 unspecified atom stereocenters. The Balaban J connectivity index is 1.59. The number of carbonyl (C=O) groups is 2. The summed E-state index contributed by atoms with van der Waals surface area (Å²) in [5, 5.41) is 4.88. The highest BCUT2D eigenvalue weighted by Gasteiger charge is 2.19. The van der Waals surface area contributed by atoms with E-state index < -0.39 is 0 Å². The third kappa shape index (κ3) is 4.18. The van der Waals surface area contributed by atoms with Gasteiger partial charge in [0.1, 0.15) is 0 Å². The Hall–Kier alpha value is -2.93. The van der Waals surface area contributed by atoms with Gasteiger partial charge in [-0.1, -0.05) is 30.3 Å². The van der Waals surface area contributed by atoms with Gasteiger partial charge in [-0.05, 0) is 24.6 Å². The molecule has 0 spiro atoms. The molecule has 2 amide bonds. The number of amides is 2. The highest BCUT2D eigenvalue weighted by molar-refractivity contribution is 7.14. The van der Waals surface area contributed by atoms with Gasteiger partial charge in [0.15, 0.2) is 10.9 Å². The van der Waals surface area contributed by atoms with Crippen molar-refractivity contribution in [2.45, 2.75) is 19.4 Å². The highest BCUT2D eigenvalue weighted by Crippen LogP contribution is 2.21. The maximum absolute atomic E-state index is 12.5. The summed E-state index contributed by atoms with van der Waals surface area (Å²) in [4.78, 5) is 30.5. The van der Waals surface area contributed by atoms with Gasteiger partial charge in [0.25, 0.3) is 5.91 Å². The Kier molecular flexibility index (Phi) is 5.48. The standard InChI is InChI=1S/C19H19N3O3S/c1-13(14-7-4-3-5-8-14)22(2)17(23)11-15-12-26-19(20-15)21-18(24)16-9-6-10-25-16/h3-10,12-13H,11H2,1-2H3,(H,20,21,24)/t13-/m0/s1. The molecular formula is C19H19N3O3S. The van der Waals surface area contributed by atoms with Crippen LogP contribution >= 0.6 is 11.3 Å². The molecule has 0 aliphatic heterocycles. The molecule has 6 nitrogen and oxygen atoms in total. The van der Waals surface area contributed by atoms with E-state index >= 15 is 0 Å². The maximum Gasteiger partial charge on any atom is 0.293 e. The van der Waals surface area contributed by atoms with Crippen LogP contribution in [0.3, 0.4) is 0 Å². The number of anilines is 1. The van der Waals surface area contributed by atoms with Crippen molar-refractivity contribution in [3.05, 3.63) is 71.1 Å². The van der Waals surface area contributed by atoms with Crippen LogP contribution in [-0.2, 0) is 11.2 Å². The van der Waals surface area contributed by atoms with Gasteiger partial charge >= 0.3 is 0 Å². The van der Waals surface area contributed by atoms with Gasteiger partial charge in [-0.2, -0.15) is 0 Å². The van der Waals surface area contributed by atoms with E-state index in [1.54, 1.807) is 29.5 Å². The van der Waals surface area contributed by atoms with E-state index in [9.17, 15) is 9.59 Å². The van der Waals surface area contributed by atoms with Crippen LogP contribution in [0, 0.1) is 0 Å². The Labute approximate surface area is 155 Å². The van der Waals surface area contributed by atoms with Gasteiger partial charge in [-0.15, -0.1) is 11.3 Å². The molecule has 0 radical (unpaired) electrons. The number of furan rings is 1. The quantitative estimate of drug-likeness (QED) is 0.718. The molecule has 134 valence electrons. The van der Waals surface area contributed by atoms with Crippen LogP contribution in [0.2, 0.25) is 0 Å². The van der Waals surface area contributed by atoms with Crippen LogP contribution < -0.4 is 5.32 Å². The lowest BCUT2D eigenvalue weighted by Gasteiger charge is -2.25. The number of likely N-dealkylation sites (N-methyl/N-ethyl adjacent to an activating group) is 1. The number of hydrogen-bond acceptors (Lipinski definition) is 5. The predicted molar refractivity (Wildman–Crippen MR) is 100 cm³/mol. The zero-order chi connectivity index (χ0) is 18.5. The lowest BCUT2D eigenvalue weighted by atomic mass is 10.1. The number of nitrogens with one attached hydrogen (secondary N) is 1. The van der Waals surface area contributed by atoms with Crippen molar-refractivity contribution in [2.24, 2.45) is 0 Å². The number of benzene rings is 1. The van der Waals surface area contributed by atoms with E-state index in [2.05, 4.69) is 10.3 Å². The normalized spacial score (nSPS) is 11.8. The van der Waals surface area contributed by atoms with E-state index in [0.717, 1.165) is 5.56 Å². The van der Waals surface area contributed by atoms with E-state index in [1.807, 2.05) is 37.3 Å². The first-order valence-electron chi connectivity index (χ1n) is 8.14. The second-order valence-corrected chi connectivity index (χ2v) is 6.70. The fourth-order valence-corrected chi connectivity index (χ4v) is 3.17. The molecule has 0 saturated heterocycles. The molecule has 3 rings (SSSR count). The zero-order valence-corrected chi connectivity index (χ0v) is 15.3. The fraction of sp³-hybridized carbons (Fsp3) is 0.211. The van der Waals surface area contributed by atoms with Crippen molar-refractivity contribution < 1.29 is 14.0 Å². The smallest absolute Gasteiger partial charge is 0.293 e. The minimum Gasteiger partial charge on any atom is -0.459 e. The molecular weight excluding hydrogens is 350 g/mol. The van der Waals surface area contributed by atoms with Gasteiger partial charge < -0.3 is 9.32 Å². The van der Waals surface area contributed by atoms with Crippen molar-refractivity contribution >= 4 is 28.3 Å². The van der Waals surface area contributed by atoms with Crippen LogP contribution in [0.15, 0.2) is 58.5 Å². The summed E-state index contributed by atoms with van der Waals surface area (Å²) < 4.78 is 5.04. The lowest BCUT2D eigenvalue weighted by Crippen LogP contribution is -2.31. The predicted octanol–water partition coefficient (Wildman–Crippen LogP) is 3.75. The van der Waals surface area contributed by atoms with Gasteiger partial charge in [-0.25, -0.2) is 4.98 Å². The maximum atomic E-state index is 12.5. The number of carbonyl (C=O) groups excluding carboxylic acids is 2. The van der Waals surface area contributed by atoms with Crippen LogP contribution in [0.1, 0.15) is 34.8 Å². The average Bonchev–Trinajstić information content (AvgIpc) is 3.33. The summed E-state index contributed by atoms with van der Waals surface area (Å²) in [5.74, 6) is -0.179. The Morgan fingerprint density at radius 2 is 2.00 bits per heavy atom. The molecule has 0 bridgehead atoms. The second kappa shape index (κ2) is 7.97. The summed E-state index contributed by atoms with van der Waals surface area (Å²) in [7, 11) is 1.78. The van der Waals surface area contributed by atoms with Crippen LogP contribution in [0.5, 0.6) is 0 Å². The van der Waals surface area contributed by atoms with E-state index in [-0.39, 0.29) is 30.0 Å². The van der Waals surface area contributed by atoms with Crippen molar-refractivity contribution in [1.82, 2.24) is 9.88 Å². The van der Waals surface area contributed by atoms with Gasteiger partial charge in [0, 0.05) is 12.4 Å². The summed E-state index contributed by atoms with van der Waals surface area (Å²) >= 11 is 1.28. The van der Waals surface area contributed by atoms with E-state index in [0.29, 0.717) is 10.8 Å². The van der Waals surface area contributed by atoms with E-state index in [1.165, 1.54) is 17.6 Å². The fourth-order valence-electron chi connectivity index (χ4n) is 2.46. The summed E-state index contributed by atoms with van der Waals surface area (Å²) in [6.07, 6.45) is 1.62. The van der Waals surface area contributed by atoms with Gasteiger partial charge in [0.2, 0.25) is 5.91 Å². The molecule has 0 fully saturated rings. The van der Waals surface area contributed by atoms with Gasteiger partial charge in [0.05, 0.1) is 24.4 Å². The molecule has 2 heterocycles. The SMILES string of the molecule is C[C@@H](c1ccccc1)N(C)C(=O)Cc1csc(NC(=O)c2ccco2)n1. The number of nitrogens with zero attached hydrogens (tertiary/aromatic N) is 2. The molecule has 3 aromatic rings. The first-order chi connectivity index (χ1) is 12.5. The molecule has 2 aromatic heterocycles. The molecule has 0 saturated carbocycles.